The molecule has 0 aliphatic carbocycles. The molecule has 0 spiro atoms. The van der Waals surface area contributed by atoms with Gasteiger partial charge in [-0.1, -0.05) is 6.42 Å². The van der Waals surface area contributed by atoms with Crippen LogP contribution in [-0.2, 0) is 24.8 Å². The van der Waals surface area contributed by atoms with E-state index in [0.717, 1.165) is 19.3 Å². The van der Waals surface area contributed by atoms with Crippen molar-refractivity contribution in [1.29, 1.82) is 0 Å². The second-order valence-electron chi connectivity index (χ2n) is 6.45. The molecule has 25 heavy (non-hydrogen) atoms. The monoisotopic (exact) mass is 388 g/mol. The molecule has 2 aliphatic rings. The molecule has 2 fully saturated rings. The minimum absolute atomic E-state index is 0.0319. The third kappa shape index (κ3) is 3.75. The first kappa shape index (κ1) is 18.8. The van der Waals surface area contributed by atoms with Crippen molar-refractivity contribution in [1.82, 2.24) is 8.61 Å². The first-order chi connectivity index (χ1) is 11.8. The van der Waals surface area contributed by atoms with Gasteiger partial charge in [0.1, 0.15) is 0 Å². The highest BCUT2D eigenvalue weighted by atomic mass is 32.2. The number of nitrogens with zero attached hydrogens (tertiary/aromatic N) is 2. The number of ether oxygens (including phenoxy) is 1. The van der Waals surface area contributed by atoms with Crippen molar-refractivity contribution in [3.8, 4) is 0 Å². The van der Waals surface area contributed by atoms with Crippen LogP contribution in [0.25, 0.3) is 0 Å². The van der Waals surface area contributed by atoms with Crippen molar-refractivity contribution in [3.63, 3.8) is 0 Å². The minimum atomic E-state index is -3.62. The second kappa shape index (κ2) is 7.32. The van der Waals surface area contributed by atoms with E-state index in [9.17, 15) is 16.8 Å². The van der Waals surface area contributed by atoms with Gasteiger partial charge in [-0.25, -0.2) is 16.8 Å². The van der Waals surface area contributed by atoms with Crippen molar-refractivity contribution in [3.05, 3.63) is 24.3 Å². The standard InChI is InChI=1S/C16H24N2O5S2/c1-14-4-2-3-9-18(14)25(21,22)16-7-5-15(6-8-16)24(19,20)17-10-12-23-13-11-17/h5-8,14H,2-4,9-13H2,1H3/t14-/m1/s1. The number of rotatable bonds is 4. The minimum Gasteiger partial charge on any atom is -0.379 e. The van der Waals surface area contributed by atoms with E-state index in [1.54, 1.807) is 0 Å². The maximum Gasteiger partial charge on any atom is 0.243 e. The Morgan fingerprint density at radius 2 is 1.44 bits per heavy atom. The van der Waals surface area contributed by atoms with E-state index in [4.69, 9.17) is 4.74 Å². The van der Waals surface area contributed by atoms with E-state index < -0.39 is 20.0 Å². The third-order valence-electron chi connectivity index (χ3n) is 4.78. The van der Waals surface area contributed by atoms with Crippen LogP contribution in [0.2, 0.25) is 0 Å². The topological polar surface area (TPSA) is 84.0 Å². The van der Waals surface area contributed by atoms with Crippen LogP contribution < -0.4 is 0 Å². The van der Waals surface area contributed by atoms with Gasteiger partial charge < -0.3 is 4.74 Å². The summed E-state index contributed by atoms with van der Waals surface area (Å²) in [6.07, 6.45) is 2.74. The summed E-state index contributed by atoms with van der Waals surface area (Å²) in [4.78, 5) is 0.252. The number of sulfonamides is 2. The van der Waals surface area contributed by atoms with Crippen molar-refractivity contribution in [2.24, 2.45) is 0 Å². The summed E-state index contributed by atoms with van der Waals surface area (Å²) in [7, 11) is -7.21. The second-order valence-corrected chi connectivity index (χ2v) is 10.3. The molecular weight excluding hydrogens is 364 g/mol. The van der Waals surface area contributed by atoms with Crippen molar-refractivity contribution in [2.75, 3.05) is 32.8 Å². The number of benzene rings is 1. The van der Waals surface area contributed by atoms with E-state index in [0.29, 0.717) is 32.8 Å². The average Bonchev–Trinajstić information content (AvgIpc) is 2.63. The molecule has 1 aromatic rings. The lowest BCUT2D eigenvalue weighted by atomic mass is 10.1. The Bertz CT molecular complexity index is 799. The van der Waals surface area contributed by atoms with E-state index in [-0.39, 0.29) is 15.8 Å². The highest BCUT2D eigenvalue weighted by molar-refractivity contribution is 7.89. The molecule has 7 nitrogen and oxygen atoms in total. The molecule has 2 saturated heterocycles. The van der Waals surface area contributed by atoms with Gasteiger partial charge in [0.05, 0.1) is 23.0 Å². The predicted molar refractivity (Wildman–Crippen MR) is 93.2 cm³/mol. The normalized spacial score (nSPS) is 24.3. The lowest BCUT2D eigenvalue weighted by Crippen LogP contribution is -2.42. The molecule has 0 N–H and O–H groups in total. The Morgan fingerprint density at radius 3 is 2.00 bits per heavy atom. The van der Waals surface area contributed by atoms with Crippen LogP contribution in [0, 0.1) is 0 Å². The summed E-state index contributed by atoms with van der Waals surface area (Å²) >= 11 is 0. The van der Waals surface area contributed by atoms with Crippen LogP contribution >= 0.6 is 0 Å². The Hall–Kier alpha value is -1.00. The molecular formula is C16H24N2O5S2. The van der Waals surface area contributed by atoms with Crippen LogP contribution in [0.4, 0.5) is 0 Å². The molecule has 2 heterocycles. The molecule has 0 unspecified atom stereocenters. The molecule has 1 atom stereocenters. The molecule has 0 amide bonds. The van der Waals surface area contributed by atoms with Gasteiger partial charge in [-0.15, -0.1) is 0 Å². The van der Waals surface area contributed by atoms with Gasteiger partial charge in [0.25, 0.3) is 0 Å². The molecule has 140 valence electrons. The Morgan fingerprint density at radius 1 is 0.880 bits per heavy atom. The summed E-state index contributed by atoms with van der Waals surface area (Å²) in [5.41, 5.74) is 0. The molecule has 9 heteroatoms. The average molecular weight is 389 g/mol. The Balaban J connectivity index is 1.84. The fourth-order valence-corrected chi connectivity index (χ4v) is 6.39. The van der Waals surface area contributed by atoms with Gasteiger partial charge in [-0.2, -0.15) is 8.61 Å². The lowest BCUT2D eigenvalue weighted by molar-refractivity contribution is 0.0730. The fraction of sp³-hybridized carbons (Fsp3) is 0.625. The predicted octanol–water partition coefficient (Wildman–Crippen LogP) is 1.27. The van der Waals surface area contributed by atoms with E-state index in [2.05, 4.69) is 0 Å². The SMILES string of the molecule is C[C@@H]1CCCCN1S(=O)(=O)c1ccc(S(=O)(=O)N2CCOCC2)cc1. The fourth-order valence-electron chi connectivity index (χ4n) is 3.28. The van der Waals surface area contributed by atoms with E-state index >= 15 is 0 Å². The van der Waals surface area contributed by atoms with E-state index in [1.165, 1.54) is 32.9 Å². The summed E-state index contributed by atoms with van der Waals surface area (Å²) in [6, 6.07) is 5.52. The summed E-state index contributed by atoms with van der Waals surface area (Å²) < 4.78 is 58.9. The van der Waals surface area contributed by atoms with Crippen LogP contribution in [0.1, 0.15) is 26.2 Å². The highest BCUT2D eigenvalue weighted by Crippen LogP contribution is 2.26. The first-order valence-corrected chi connectivity index (χ1v) is 11.4. The third-order valence-corrected chi connectivity index (χ3v) is 8.72. The Kier molecular flexibility index (Phi) is 5.50. The lowest BCUT2D eigenvalue weighted by Gasteiger charge is -2.32. The quantitative estimate of drug-likeness (QED) is 0.776. The number of hydrogen-bond acceptors (Lipinski definition) is 5. The molecule has 3 rings (SSSR count). The maximum atomic E-state index is 12.8. The summed E-state index contributed by atoms with van der Waals surface area (Å²) in [5.74, 6) is 0. The summed E-state index contributed by atoms with van der Waals surface area (Å²) in [6.45, 7) is 3.80. The molecule has 1 aromatic carbocycles. The van der Waals surface area contributed by atoms with Crippen LogP contribution in [0.5, 0.6) is 0 Å². The van der Waals surface area contributed by atoms with Crippen LogP contribution in [0.3, 0.4) is 0 Å². The van der Waals surface area contributed by atoms with Crippen LogP contribution in [0.15, 0.2) is 34.1 Å². The maximum absolute atomic E-state index is 12.8. The van der Waals surface area contributed by atoms with Gasteiger partial charge in [0.15, 0.2) is 0 Å². The molecule has 0 aromatic heterocycles. The molecule has 0 saturated carbocycles. The van der Waals surface area contributed by atoms with Crippen molar-refractivity contribution >= 4 is 20.0 Å². The molecule has 0 bridgehead atoms. The van der Waals surface area contributed by atoms with Gasteiger partial charge >= 0.3 is 0 Å². The zero-order valence-electron chi connectivity index (χ0n) is 14.3. The zero-order chi connectivity index (χ0) is 18.1. The first-order valence-electron chi connectivity index (χ1n) is 8.53. The number of piperidine rings is 1. The molecule has 0 radical (unpaired) electrons. The summed E-state index contributed by atoms with van der Waals surface area (Å²) in [5, 5.41) is 0. The van der Waals surface area contributed by atoms with Gasteiger partial charge in [-0.3, -0.25) is 0 Å². The largest absolute Gasteiger partial charge is 0.379 e. The van der Waals surface area contributed by atoms with Crippen LogP contribution in [-0.4, -0.2) is 64.3 Å². The van der Waals surface area contributed by atoms with Crippen molar-refractivity contribution < 1.29 is 21.6 Å². The zero-order valence-corrected chi connectivity index (χ0v) is 15.9. The highest BCUT2D eigenvalue weighted by Gasteiger charge is 2.32. The van der Waals surface area contributed by atoms with Gasteiger partial charge in [-0.05, 0) is 44.0 Å². The molecule has 2 aliphatic heterocycles. The Labute approximate surface area is 149 Å². The van der Waals surface area contributed by atoms with E-state index in [1.807, 2.05) is 6.92 Å². The number of morpholine rings is 1. The van der Waals surface area contributed by atoms with Gasteiger partial charge in [0, 0.05) is 25.7 Å². The smallest absolute Gasteiger partial charge is 0.243 e. The number of hydrogen-bond donors (Lipinski definition) is 0. The van der Waals surface area contributed by atoms with Gasteiger partial charge in [0.2, 0.25) is 20.0 Å². The van der Waals surface area contributed by atoms with Crippen molar-refractivity contribution in [2.45, 2.75) is 42.0 Å².